The summed E-state index contributed by atoms with van der Waals surface area (Å²) in [6, 6.07) is 8.02. The molecule has 0 spiro atoms. The normalized spacial score (nSPS) is 20.0. The van der Waals surface area contributed by atoms with Gasteiger partial charge in [0, 0.05) is 25.0 Å². The number of rotatable bonds is 3. The van der Waals surface area contributed by atoms with E-state index in [0.29, 0.717) is 11.8 Å². The van der Waals surface area contributed by atoms with Gasteiger partial charge in [0.2, 0.25) is 11.8 Å². The van der Waals surface area contributed by atoms with E-state index in [2.05, 4.69) is 27.2 Å². The van der Waals surface area contributed by atoms with Crippen LogP contribution in [0, 0.1) is 6.92 Å². The first-order valence-corrected chi connectivity index (χ1v) is 6.85. The zero-order valence-corrected chi connectivity index (χ0v) is 11.6. The number of aryl methyl sites for hydroxylation is 1. The van der Waals surface area contributed by atoms with E-state index in [9.17, 15) is 0 Å². The molecular formula is C14H16ClN3O. The van der Waals surface area contributed by atoms with Gasteiger partial charge in [-0.2, -0.15) is 0 Å². The van der Waals surface area contributed by atoms with Crippen molar-refractivity contribution in [1.82, 2.24) is 15.1 Å². The molecule has 1 saturated heterocycles. The third-order valence-electron chi connectivity index (χ3n) is 3.48. The van der Waals surface area contributed by atoms with Gasteiger partial charge in [0.1, 0.15) is 0 Å². The summed E-state index contributed by atoms with van der Waals surface area (Å²) in [5, 5.41) is 8.80. The van der Waals surface area contributed by atoms with Crippen LogP contribution in [0.25, 0.3) is 0 Å². The second kappa shape index (κ2) is 5.31. The van der Waals surface area contributed by atoms with Crippen LogP contribution in [-0.2, 0) is 6.54 Å². The molecule has 1 fully saturated rings. The summed E-state index contributed by atoms with van der Waals surface area (Å²) in [5.74, 6) is 1.79. The first-order chi connectivity index (χ1) is 9.20. The topological polar surface area (TPSA) is 42.2 Å². The number of benzene rings is 1. The number of hydrogen-bond acceptors (Lipinski definition) is 4. The van der Waals surface area contributed by atoms with E-state index in [1.54, 1.807) is 0 Å². The average Bonchev–Trinajstić information content (AvgIpc) is 3.01. The monoisotopic (exact) mass is 277 g/mol. The van der Waals surface area contributed by atoms with Crippen LogP contribution in [0.3, 0.4) is 0 Å². The van der Waals surface area contributed by atoms with Crippen LogP contribution >= 0.6 is 11.6 Å². The Hall–Kier alpha value is -1.39. The molecule has 2 aromatic rings. The van der Waals surface area contributed by atoms with E-state index in [4.69, 9.17) is 16.0 Å². The van der Waals surface area contributed by atoms with Gasteiger partial charge in [-0.15, -0.1) is 10.2 Å². The maximum atomic E-state index is 5.89. The van der Waals surface area contributed by atoms with Gasteiger partial charge < -0.3 is 4.42 Å². The maximum Gasteiger partial charge on any atom is 0.220 e. The van der Waals surface area contributed by atoms with Gasteiger partial charge in [0.15, 0.2) is 0 Å². The lowest BCUT2D eigenvalue weighted by molar-refractivity contribution is 0.319. The molecule has 0 amide bonds. The highest BCUT2D eigenvalue weighted by Gasteiger charge is 2.27. The number of likely N-dealkylation sites (tertiary alicyclic amines) is 1. The smallest absolute Gasteiger partial charge is 0.220 e. The van der Waals surface area contributed by atoms with Crippen molar-refractivity contribution in [2.45, 2.75) is 25.8 Å². The minimum absolute atomic E-state index is 0.369. The standard InChI is InChI=1S/C14H16ClN3O/c1-10-16-17-14(19-10)12-6-7-18(9-12)8-11-2-4-13(15)5-3-11/h2-5,12H,6-9H2,1H3/t12-/m0/s1. The van der Waals surface area contributed by atoms with Gasteiger partial charge in [-0.05, 0) is 30.7 Å². The van der Waals surface area contributed by atoms with Crippen molar-refractivity contribution in [3.05, 3.63) is 46.6 Å². The largest absolute Gasteiger partial charge is 0.425 e. The molecule has 0 bridgehead atoms. The average molecular weight is 278 g/mol. The first-order valence-electron chi connectivity index (χ1n) is 6.47. The number of halogens is 1. The fourth-order valence-corrected chi connectivity index (χ4v) is 2.63. The molecule has 0 radical (unpaired) electrons. The van der Waals surface area contributed by atoms with Crippen LogP contribution in [0.1, 0.15) is 29.7 Å². The summed E-state index contributed by atoms with van der Waals surface area (Å²) >= 11 is 5.89. The van der Waals surface area contributed by atoms with E-state index >= 15 is 0 Å². The molecule has 1 aliphatic rings. The second-order valence-corrected chi connectivity index (χ2v) is 5.44. The predicted molar refractivity (Wildman–Crippen MR) is 73.1 cm³/mol. The van der Waals surface area contributed by atoms with Gasteiger partial charge in [-0.3, -0.25) is 4.90 Å². The fourth-order valence-electron chi connectivity index (χ4n) is 2.50. The summed E-state index contributed by atoms with van der Waals surface area (Å²) in [6.45, 7) is 4.82. The molecule has 0 aliphatic carbocycles. The lowest BCUT2D eigenvalue weighted by Crippen LogP contribution is -2.19. The molecule has 2 heterocycles. The van der Waals surface area contributed by atoms with Crippen molar-refractivity contribution in [3.63, 3.8) is 0 Å². The molecule has 1 aromatic carbocycles. The lowest BCUT2D eigenvalue weighted by atomic mass is 10.1. The van der Waals surface area contributed by atoms with Crippen LogP contribution in [0.15, 0.2) is 28.7 Å². The molecule has 5 heteroatoms. The van der Waals surface area contributed by atoms with E-state index in [-0.39, 0.29) is 0 Å². The van der Waals surface area contributed by atoms with Crippen LogP contribution in [0.2, 0.25) is 5.02 Å². The number of nitrogens with zero attached hydrogens (tertiary/aromatic N) is 3. The Morgan fingerprint density at radius 1 is 1.32 bits per heavy atom. The molecule has 0 N–H and O–H groups in total. The van der Waals surface area contributed by atoms with Gasteiger partial charge in [0.25, 0.3) is 0 Å². The van der Waals surface area contributed by atoms with Crippen molar-refractivity contribution in [1.29, 1.82) is 0 Å². The molecule has 3 rings (SSSR count). The number of hydrogen-bond donors (Lipinski definition) is 0. The van der Waals surface area contributed by atoms with Crippen molar-refractivity contribution < 1.29 is 4.42 Å². The van der Waals surface area contributed by atoms with E-state index in [1.165, 1.54) is 5.56 Å². The molecule has 1 atom stereocenters. The molecule has 0 saturated carbocycles. The van der Waals surface area contributed by atoms with E-state index in [1.807, 2.05) is 19.1 Å². The third kappa shape index (κ3) is 2.96. The summed E-state index contributed by atoms with van der Waals surface area (Å²) < 4.78 is 5.52. The Labute approximate surface area is 117 Å². The Balaban J connectivity index is 1.61. The quantitative estimate of drug-likeness (QED) is 0.865. The van der Waals surface area contributed by atoms with Gasteiger partial charge in [0.05, 0.1) is 5.92 Å². The highest BCUT2D eigenvalue weighted by Crippen LogP contribution is 2.27. The summed E-state index contributed by atoms with van der Waals surface area (Å²) in [4.78, 5) is 2.41. The lowest BCUT2D eigenvalue weighted by Gasteiger charge is -2.15. The van der Waals surface area contributed by atoms with Crippen LogP contribution in [-0.4, -0.2) is 28.2 Å². The highest BCUT2D eigenvalue weighted by molar-refractivity contribution is 6.30. The highest BCUT2D eigenvalue weighted by atomic mass is 35.5. The van der Waals surface area contributed by atoms with Crippen molar-refractivity contribution in [3.8, 4) is 0 Å². The van der Waals surface area contributed by atoms with Gasteiger partial charge in [-0.25, -0.2) is 0 Å². The summed E-state index contributed by atoms with van der Waals surface area (Å²) in [5.41, 5.74) is 1.28. The zero-order chi connectivity index (χ0) is 13.2. The van der Waals surface area contributed by atoms with Crippen molar-refractivity contribution >= 4 is 11.6 Å². The van der Waals surface area contributed by atoms with Gasteiger partial charge in [-0.1, -0.05) is 23.7 Å². The van der Waals surface area contributed by atoms with E-state index in [0.717, 1.165) is 37.0 Å². The van der Waals surface area contributed by atoms with Crippen LogP contribution < -0.4 is 0 Å². The minimum atomic E-state index is 0.369. The Kier molecular flexibility index (Phi) is 3.53. The van der Waals surface area contributed by atoms with Gasteiger partial charge >= 0.3 is 0 Å². The second-order valence-electron chi connectivity index (χ2n) is 5.01. The Bertz CT molecular complexity index is 552. The fraction of sp³-hybridized carbons (Fsp3) is 0.429. The third-order valence-corrected chi connectivity index (χ3v) is 3.73. The predicted octanol–water partition coefficient (Wildman–Crippen LogP) is 3.02. The van der Waals surface area contributed by atoms with Crippen LogP contribution in [0.4, 0.5) is 0 Å². The Morgan fingerprint density at radius 3 is 2.79 bits per heavy atom. The zero-order valence-electron chi connectivity index (χ0n) is 10.8. The SMILES string of the molecule is Cc1nnc([C@H]2CCN(Cc3ccc(Cl)cc3)C2)o1. The molecule has 4 nitrogen and oxygen atoms in total. The molecule has 0 unspecified atom stereocenters. The Morgan fingerprint density at radius 2 is 2.11 bits per heavy atom. The minimum Gasteiger partial charge on any atom is -0.425 e. The maximum absolute atomic E-state index is 5.89. The molecule has 100 valence electrons. The molecular weight excluding hydrogens is 262 g/mol. The van der Waals surface area contributed by atoms with E-state index < -0.39 is 0 Å². The molecule has 19 heavy (non-hydrogen) atoms. The first kappa shape index (κ1) is 12.6. The van der Waals surface area contributed by atoms with Crippen LogP contribution in [0.5, 0.6) is 0 Å². The molecule has 1 aliphatic heterocycles. The van der Waals surface area contributed by atoms with Crippen molar-refractivity contribution in [2.24, 2.45) is 0 Å². The molecule has 1 aromatic heterocycles. The summed E-state index contributed by atoms with van der Waals surface area (Å²) in [7, 11) is 0. The number of aromatic nitrogens is 2. The van der Waals surface area contributed by atoms with Crippen molar-refractivity contribution in [2.75, 3.05) is 13.1 Å². The summed E-state index contributed by atoms with van der Waals surface area (Å²) in [6.07, 6.45) is 1.08.